The van der Waals surface area contributed by atoms with Gasteiger partial charge in [-0.2, -0.15) is 0 Å². The summed E-state index contributed by atoms with van der Waals surface area (Å²) in [7, 11) is 0. The van der Waals surface area contributed by atoms with Crippen LogP contribution in [0, 0.1) is 20.8 Å². The van der Waals surface area contributed by atoms with Crippen molar-refractivity contribution < 1.29 is 46.8 Å². The van der Waals surface area contributed by atoms with Gasteiger partial charge in [0.15, 0.2) is 17.3 Å². The van der Waals surface area contributed by atoms with Crippen molar-refractivity contribution in [2.75, 3.05) is 0 Å². The molecule has 0 aromatic heterocycles. The van der Waals surface area contributed by atoms with Crippen LogP contribution >= 0.6 is 0 Å². The second kappa shape index (κ2) is 16.9. The van der Waals surface area contributed by atoms with Gasteiger partial charge in [0.1, 0.15) is 0 Å². The third-order valence-corrected chi connectivity index (χ3v) is 8.34. The van der Waals surface area contributed by atoms with Crippen molar-refractivity contribution in [1.29, 1.82) is 0 Å². The molecule has 6 rings (SSSR count). The Morgan fingerprint density at radius 3 is 0.826 bits per heavy atom. The maximum atomic E-state index is 11.3. The number of benzene rings is 3. The van der Waals surface area contributed by atoms with E-state index < -0.39 is 0 Å². The molecule has 0 saturated heterocycles. The van der Waals surface area contributed by atoms with E-state index in [2.05, 4.69) is 0 Å². The number of aryl methyl sites for hydroxylation is 3. The van der Waals surface area contributed by atoms with Crippen LogP contribution in [-0.2, 0) is 31.5 Å². The van der Waals surface area contributed by atoms with Crippen LogP contribution in [0.5, 0.6) is 0 Å². The predicted octanol–water partition coefficient (Wildman–Crippen LogP) is 8.65. The Morgan fingerprint density at radius 1 is 0.413 bits per heavy atom. The summed E-state index contributed by atoms with van der Waals surface area (Å²) in [6.45, 7) is 6.10. The van der Waals surface area contributed by atoms with Crippen LogP contribution in [-0.4, -0.2) is 32.7 Å². The third kappa shape index (κ3) is 11.0. The molecule has 0 aliphatic heterocycles. The summed E-state index contributed by atoms with van der Waals surface area (Å²) in [4.78, 5) is 33.9. The number of rotatable bonds is 3. The van der Waals surface area contributed by atoms with E-state index in [9.17, 15) is 29.7 Å². The molecule has 3 aliphatic rings. The Balaban J connectivity index is 0.000000186. The van der Waals surface area contributed by atoms with E-state index in [4.69, 9.17) is 0 Å². The second-order valence-corrected chi connectivity index (χ2v) is 12.4. The van der Waals surface area contributed by atoms with Crippen molar-refractivity contribution >= 4 is 17.3 Å². The molecule has 0 radical (unpaired) electrons. The molecule has 0 heterocycles. The van der Waals surface area contributed by atoms with Gasteiger partial charge in [-0.05, 0) is 55.2 Å². The maximum Gasteiger partial charge on any atom is 0.159 e. The minimum absolute atomic E-state index is 0. The molecule has 3 aromatic rings. The first-order valence-corrected chi connectivity index (χ1v) is 15.4. The molecule has 0 saturated carbocycles. The summed E-state index contributed by atoms with van der Waals surface area (Å²) < 4.78 is 0. The summed E-state index contributed by atoms with van der Waals surface area (Å²) in [6, 6.07) is 24.4. The fourth-order valence-electron chi connectivity index (χ4n) is 5.84. The number of carbonyl (C=O) groups excluding carboxylic acids is 3. The second-order valence-electron chi connectivity index (χ2n) is 12.4. The molecule has 3 N–H and O–H groups in total. The van der Waals surface area contributed by atoms with Gasteiger partial charge >= 0.3 is 0 Å². The Kier molecular flexibility index (Phi) is 13.4. The smallest absolute Gasteiger partial charge is 0.159 e. The van der Waals surface area contributed by atoms with E-state index in [-0.39, 0.29) is 69.4 Å². The fourth-order valence-corrected chi connectivity index (χ4v) is 5.84. The largest absolute Gasteiger partial charge is 0.512 e. The number of carbonyl (C=O) groups is 3. The number of hydrogen-bond acceptors (Lipinski definition) is 6. The van der Waals surface area contributed by atoms with Crippen molar-refractivity contribution in [3.8, 4) is 0 Å². The van der Waals surface area contributed by atoms with Gasteiger partial charge in [-0.15, -0.1) is 0 Å². The van der Waals surface area contributed by atoms with Crippen LogP contribution in [0.4, 0.5) is 0 Å². The summed E-state index contributed by atoms with van der Waals surface area (Å²) in [5.74, 6) is 1.10. The Morgan fingerprint density at radius 2 is 0.630 bits per heavy atom. The zero-order chi connectivity index (χ0) is 32.5. The molecule has 6 nitrogen and oxygen atoms in total. The number of hydrogen-bond donors (Lipinski definition) is 3. The van der Waals surface area contributed by atoms with Gasteiger partial charge in [0.2, 0.25) is 0 Å². The van der Waals surface area contributed by atoms with Crippen molar-refractivity contribution in [2.45, 2.75) is 77.0 Å². The molecule has 0 fully saturated rings. The molecular formula is C39H42FeO6. The first kappa shape index (κ1) is 36.3. The van der Waals surface area contributed by atoms with E-state index in [1.165, 1.54) is 34.9 Å². The minimum Gasteiger partial charge on any atom is -0.512 e. The summed E-state index contributed by atoms with van der Waals surface area (Å²) in [5, 5.41) is 28.2. The SMILES string of the molecule is Cc1ccc(C2CC(=O)C=C(O)C2)cc1.Cc1ccc(C2CC(=O)C=C(O)C2)cc1.Cc1ccc(C2CC(=O)C=C(O)C2)cc1.[Fe]. The zero-order valence-electron chi connectivity index (χ0n) is 26.6. The van der Waals surface area contributed by atoms with E-state index in [0.29, 0.717) is 38.5 Å². The van der Waals surface area contributed by atoms with E-state index in [1.54, 1.807) is 0 Å². The van der Waals surface area contributed by atoms with Gasteiger partial charge in [-0.25, -0.2) is 0 Å². The van der Waals surface area contributed by atoms with Crippen LogP contribution < -0.4 is 0 Å². The average molecular weight is 663 g/mol. The van der Waals surface area contributed by atoms with E-state index >= 15 is 0 Å². The monoisotopic (exact) mass is 662 g/mol. The predicted molar refractivity (Wildman–Crippen MR) is 177 cm³/mol. The Labute approximate surface area is 282 Å². The standard InChI is InChI=1S/3C13H14O2.Fe/c3*1-9-2-4-10(5-3-9)11-6-12(14)8-13(15)7-11;/h3*2-5,8,11,14H,6-7H2,1H3;. The molecule has 242 valence electrons. The quantitative estimate of drug-likeness (QED) is 0.242. The first-order valence-electron chi connectivity index (χ1n) is 15.4. The van der Waals surface area contributed by atoms with E-state index in [0.717, 1.165) is 16.7 Å². The molecule has 3 aromatic carbocycles. The molecule has 0 spiro atoms. The van der Waals surface area contributed by atoms with Crippen LogP contribution in [0.25, 0.3) is 0 Å². The Bertz CT molecular complexity index is 1400. The molecule has 0 amide bonds. The molecular weight excluding hydrogens is 620 g/mol. The van der Waals surface area contributed by atoms with E-state index in [1.807, 2.05) is 93.6 Å². The zero-order valence-corrected chi connectivity index (χ0v) is 27.7. The topological polar surface area (TPSA) is 112 Å². The van der Waals surface area contributed by atoms with Crippen LogP contribution in [0.2, 0.25) is 0 Å². The van der Waals surface area contributed by atoms with Crippen LogP contribution in [0.1, 0.15) is 89.7 Å². The van der Waals surface area contributed by atoms with Crippen LogP contribution in [0.3, 0.4) is 0 Å². The number of aliphatic hydroxyl groups excluding tert-OH is 3. The molecule has 3 unspecified atom stereocenters. The Hall–Kier alpha value is -4.19. The molecule has 7 heteroatoms. The summed E-state index contributed by atoms with van der Waals surface area (Å²) >= 11 is 0. The van der Waals surface area contributed by atoms with Gasteiger partial charge in [0.05, 0.1) is 17.3 Å². The molecule has 3 atom stereocenters. The van der Waals surface area contributed by atoms with Crippen molar-refractivity contribution in [3.05, 3.63) is 142 Å². The van der Waals surface area contributed by atoms with Gasteiger partial charge < -0.3 is 15.3 Å². The normalized spacial score (nSPS) is 20.8. The van der Waals surface area contributed by atoms with Crippen molar-refractivity contribution in [3.63, 3.8) is 0 Å². The molecule has 0 bridgehead atoms. The first-order chi connectivity index (χ1) is 21.4. The molecule has 46 heavy (non-hydrogen) atoms. The van der Waals surface area contributed by atoms with Crippen molar-refractivity contribution in [1.82, 2.24) is 0 Å². The number of allylic oxidation sites excluding steroid dienone is 6. The van der Waals surface area contributed by atoms with Crippen molar-refractivity contribution in [2.24, 2.45) is 0 Å². The fraction of sp³-hybridized carbons (Fsp3) is 0.308. The van der Waals surface area contributed by atoms with Gasteiger partial charge in [0, 0.05) is 73.8 Å². The average Bonchev–Trinajstić information content (AvgIpc) is 2.97. The molecule has 3 aliphatic carbocycles. The third-order valence-electron chi connectivity index (χ3n) is 8.34. The van der Waals surface area contributed by atoms with Crippen LogP contribution in [0.15, 0.2) is 108 Å². The van der Waals surface area contributed by atoms with Gasteiger partial charge in [-0.1, -0.05) is 89.5 Å². The van der Waals surface area contributed by atoms with Gasteiger partial charge in [-0.3, -0.25) is 14.4 Å². The van der Waals surface area contributed by atoms with Gasteiger partial charge in [0.25, 0.3) is 0 Å². The summed E-state index contributed by atoms with van der Waals surface area (Å²) in [6.07, 6.45) is 7.27. The number of aliphatic hydroxyl groups is 3. The minimum atomic E-state index is 0. The number of ketones is 3. The summed E-state index contributed by atoms with van der Waals surface area (Å²) in [5.41, 5.74) is 7.03. The maximum absolute atomic E-state index is 11.3.